The Morgan fingerprint density at radius 2 is 1.83 bits per heavy atom. The number of hydrogen-bond acceptors (Lipinski definition) is 5. The van der Waals surface area contributed by atoms with Crippen LogP contribution in [0.1, 0.15) is 56.9 Å². The summed E-state index contributed by atoms with van der Waals surface area (Å²) in [5.74, 6) is 1.53. The van der Waals surface area contributed by atoms with E-state index >= 15 is 0 Å². The molecule has 1 aromatic carbocycles. The molecule has 1 N–H and O–H groups in total. The molecule has 162 valence electrons. The maximum absolute atomic E-state index is 11.9. The SMILES string of the molecule is C[C@@H]1COc2ccccc2C2CCC(CC2)OCC2C(NS(C)(=O)=O)CCCN21. The molecule has 6 nitrogen and oxygen atoms in total. The average molecular weight is 423 g/mol. The number of fused-ring (bicyclic) bond motifs is 5. The van der Waals surface area contributed by atoms with Crippen molar-refractivity contribution >= 4 is 10.0 Å². The normalized spacial score (nSPS) is 34.1. The van der Waals surface area contributed by atoms with E-state index < -0.39 is 10.0 Å². The van der Waals surface area contributed by atoms with E-state index in [4.69, 9.17) is 9.47 Å². The summed E-state index contributed by atoms with van der Waals surface area (Å²) >= 11 is 0. The van der Waals surface area contributed by atoms with Gasteiger partial charge in [-0.05, 0) is 69.5 Å². The van der Waals surface area contributed by atoms with Gasteiger partial charge in [0.05, 0.1) is 19.0 Å². The highest BCUT2D eigenvalue weighted by molar-refractivity contribution is 7.88. The zero-order valence-electron chi connectivity index (χ0n) is 17.5. The van der Waals surface area contributed by atoms with Crippen molar-refractivity contribution in [3.63, 3.8) is 0 Å². The van der Waals surface area contributed by atoms with Crippen LogP contribution in [0.3, 0.4) is 0 Å². The first-order chi connectivity index (χ1) is 13.9. The second-order valence-electron chi connectivity index (χ2n) is 8.95. The maximum Gasteiger partial charge on any atom is 0.209 e. The highest BCUT2D eigenvalue weighted by Crippen LogP contribution is 2.39. The van der Waals surface area contributed by atoms with E-state index in [1.54, 1.807) is 0 Å². The lowest BCUT2D eigenvalue weighted by molar-refractivity contribution is -0.0402. The molecule has 0 amide bonds. The molecule has 29 heavy (non-hydrogen) atoms. The van der Waals surface area contributed by atoms with Gasteiger partial charge in [0, 0.05) is 18.1 Å². The van der Waals surface area contributed by atoms with E-state index in [9.17, 15) is 8.42 Å². The number of sulfonamides is 1. The van der Waals surface area contributed by atoms with Crippen LogP contribution in [0, 0.1) is 0 Å². The van der Waals surface area contributed by atoms with Crippen molar-refractivity contribution in [1.29, 1.82) is 0 Å². The molecule has 5 rings (SSSR count). The molecule has 1 aromatic rings. The Morgan fingerprint density at radius 1 is 1.07 bits per heavy atom. The summed E-state index contributed by atoms with van der Waals surface area (Å²) in [7, 11) is -3.26. The topological polar surface area (TPSA) is 67.9 Å². The number of ether oxygens (including phenoxy) is 2. The van der Waals surface area contributed by atoms with Gasteiger partial charge in [-0.15, -0.1) is 0 Å². The largest absolute Gasteiger partial charge is 0.492 e. The molecule has 1 saturated carbocycles. The molecule has 0 radical (unpaired) electrons. The second kappa shape index (κ2) is 8.92. The summed E-state index contributed by atoms with van der Waals surface area (Å²) in [6.07, 6.45) is 7.64. The fourth-order valence-electron chi connectivity index (χ4n) is 5.29. The number of piperidine rings is 1. The summed E-state index contributed by atoms with van der Waals surface area (Å²) in [5.41, 5.74) is 1.32. The molecule has 3 atom stereocenters. The van der Waals surface area contributed by atoms with E-state index in [1.165, 1.54) is 11.8 Å². The van der Waals surface area contributed by atoms with Gasteiger partial charge >= 0.3 is 0 Å². The first kappa shape index (κ1) is 21.1. The Bertz CT molecular complexity index is 792. The third kappa shape index (κ3) is 5.13. The molecule has 7 heteroatoms. The van der Waals surface area contributed by atoms with Crippen molar-refractivity contribution in [3.8, 4) is 5.75 Å². The van der Waals surface area contributed by atoms with Crippen molar-refractivity contribution in [2.75, 3.05) is 26.0 Å². The second-order valence-corrected chi connectivity index (χ2v) is 10.7. The van der Waals surface area contributed by atoms with Crippen molar-refractivity contribution in [3.05, 3.63) is 29.8 Å². The Hall–Kier alpha value is -1.15. The van der Waals surface area contributed by atoms with E-state index in [0.29, 0.717) is 19.1 Å². The number of nitrogens with one attached hydrogen (secondary N) is 1. The number of benzene rings is 1. The Balaban J connectivity index is 1.60. The van der Waals surface area contributed by atoms with Gasteiger partial charge in [-0.1, -0.05) is 18.2 Å². The Kier molecular flexibility index (Phi) is 6.49. The molecule has 2 unspecified atom stereocenters. The highest BCUT2D eigenvalue weighted by atomic mass is 32.2. The van der Waals surface area contributed by atoms with Crippen LogP contribution in [-0.4, -0.2) is 63.6 Å². The quantitative estimate of drug-likeness (QED) is 0.794. The highest BCUT2D eigenvalue weighted by Gasteiger charge is 2.37. The van der Waals surface area contributed by atoms with Crippen molar-refractivity contribution in [2.45, 2.75) is 75.6 Å². The van der Waals surface area contributed by atoms with Gasteiger partial charge in [0.2, 0.25) is 10.0 Å². The zero-order valence-corrected chi connectivity index (χ0v) is 18.4. The molecular formula is C22H34N2O4S. The number of hydrogen-bond donors (Lipinski definition) is 1. The summed E-state index contributed by atoms with van der Waals surface area (Å²) in [5, 5.41) is 0. The third-order valence-electron chi connectivity index (χ3n) is 6.77. The molecule has 1 aliphatic carbocycles. The van der Waals surface area contributed by atoms with Crippen LogP contribution in [0.5, 0.6) is 5.75 Å². The van der Waals surface area contributed by atoms with Crippen LogP contribution >= 0.6 is 0 Å². The number of rotatable bonds is 2. The van der Waals surface area contributed by atoms with Crippen LogP contribution in [0.25, 0.3) is 0 Å². The van der Waals surface area contributed by atoms with E-state index in [-0.39, 0.29) is 24.2 Å². The van der Waals surface area contributed by atoms with Gasteiger partial charge in [-0.25, -0.2) is 13.1 Å². The zero-order chi connectivity index (χ0) is 20.4. The van der Waals surface area contributed by atoms with Crippen molar-refractivity contribution in [1.82, 2.24) is 9.62 Å². The van der Waals surface area contributed by atoms with Gasteiger partial charge in [0.15, 0.2) is 0 Å². The molecule has 0 spiro atoms. The average Bonchev–Trinajstić information content (AvgIpc) is 2.71. The molecule has 0 aromatic heterocycles. The van der Waals surface area contributed by atoms with Gasteiger partial charge in [-0.2, -0.15) is 0 Å². The summed E-state index contributed by atoms with van der Waals surface area (Å²) in [6.45, 7) is 4.27. The van der Waals surface area contributed by atoms with E-state index in [1.807, 2.05) is 6.07 Å². The standard InChI is InChI=1S/C22H34N2O4S/c1-16-14-28-22-8-4-3-6-19(22)17-9-11-18(12-10-17)27-15-21-20(23-29(2,25)26)7-5-13-24(16)21/h3-4,6,8,16-18,20-21,23H,5,7,9-15H2,1-2H3/t16-,17?,18?,20?,21?/m1/s1. The van der Waals surface area contributed by atoms with E-state index in [0.717, 1.165) is 50.8 Å². The fraction of sp³-hybridized carbons (Fsp3) is 0.727. The van der Waals surface area contributed by atoms with Gasteiger partial charge in [0.25, 0.3) is 0 Å². The maximum atomic E-state index is 11.9. The minimum Gasteiger partial charge on any atom is -0.492 e. The predicted octanol–water partition coefficient (Wildman–Crippen LogP) is 2.89. The molecule has 1 saturated heterocycles. The predicted molar refractivity (Wildman–Crippen MR) is 114 cm³/mol. The Labute approximate surface area is 175 Å². The first-order valence-corrected chi connectivity index (χ1v) is 12.9. The van der Waals surface area contributed by atoms with Gasteiger partial charge < -0.3 is 9.47 Å². The molecule has 2 bridgehead atoms. The van der Waals surface area contributed by atoms with Gasteiger partial charge in [0.1, 0.15) is 12.4 Å². The third-order valence-corrected chi connectivity index (χ3v) is 7.50. The summed E-state index contributed by atoms with van der Waals surface area (Å²) < 4.78 is 39.5. The van der Waals surface area contributed by atoms with Gasteiger partial charge in [-0.3, -0.25) is 4.90 Å². The van der Waals surface area contributed by atoms with Crippen LogP contribution in [0.15, 0.2) is 24.3 Å². The number of nitrogens with zero attached hydrogens (tertiary/aromatic N) is 1. The minimum atomic E-state index is -3.26. The minimum absolute atomic E-state index is 0.0331. The van der Waals surface area contributed by atoms with Crippen LogP contribution in [0.4, 0.5) is 0 Å². The Morgan fingerprint density at radius 3 is 2.59 bits per heavy atom. The smallest absolute Gasteiger partial charge is 0.209 e. The van der Waals surface area contributed by atoms with Crippen LogP contribution in [-0.2, 0) is 14.8 Å². The molecule has 4 aliphatic rings. The number of para-hydroxylation sites is 1. The molecule has 3 heterocycles. The van der Waals surface area contributed by atoms with Crippen LogP contribution < -0.4 is 9.46 Å². The lowest BCUT2D eigenvalue weighted by Crippen LogP contribution is -2.60. The fourth-order valence-corrected chi connectivity index (χ4v) is 6.11. The lowest BCUT2D eigenvalue weighted by Gasteiger charge is -2.44. The monoisotopic (exact) mass is 422 g/mol. The van der Waals surface area contributed by atoms with Crippen LogP contribution in [0.2, 0.25) is 0 Å². The molecule has 2 fully saturated rings. The molecular weight excluding hydrogens is 388 g/mol. The van der Waals surface area contributed by atoms with E-state index in [2.05, 4.69) is 34.7 Å². The first-order valence-electron chi connectivity index (χ1n) is 11.0. The summed E-state index contributed by atoms with van der Waals surface area (Å²) in [6, 6.07) is 8.55. The van der Waals surface area contributed by atoms with Crippen molar-refractivity contribution in [2.24, 2.45) is 0 Å². The lowest BCUT2D eigenvalue weighted by atomic mass is 9.82. The summed E-state index contributed by atoms with van der Waals surface area (Å²) in [4.78, 5) is 2.39. The molecule has 3 aliphatic heterocycles. The van der Waals surface area contributed by atoms with Crippen molar-refractivity contribution < 1.29 is 17.9 Å².